The molecule has 0 radical (unpaired) electrons. The molecule has 3 heteroatoms. The van der Waals surface area contributed by atoms with Gasteiger partial charge in [0.1, 0.15) is 5.60 Å². The van der Waals surface area contributed by atoms with Crippen LogP contribution in [0.1, 0.15) is 19.8 Å². The van der Waals surface area contributed by atoms with Gasteiger partial charge in [-0.25, -0.2) is 4.39 Å². The highest BCUT2D eigenvalue weighted by Crippen LogP contribution is 2.42. The van der Waals surface area contributed by atoms with E-state index in [0.29, 0.717) is 12.8 Å². The minimum Gasteiger partial charge on any atom is -0.386 e. The molecule has 1 aliphatic rings. The molecule has 0 saturated heterocycles. The largest absolute Gasteiger partial charge is 0.386 e. The molecule has 0 bridgehead atoms. The summed E-state index contributed by atoms with van der Waals surface area (Å²) in [5.41, 5.74) is 2.34. The summed E-state index contributed by atoms with van der Waals surface area (Å²) < 4.78 is 13.7. The number of rotatable bonds is 1. The number of nitrogens with two attached hydrogens (primary N) is 1. The molecule has 0 heterocycles. The Kier molecular flexibility index (Phi) is 1.81. The van der Waals surface area contributed by atoms with Crippen LogP contribution in [0.4, 0.5) is 4.39 Å². The fourth-order valence-electron chi connectivity index (χ4n) is 1.61. The predicted molar refractivity (Wildman–Crippen MR) is 41.9 cm³/mol. The summed E-state index contributed by atoms with van der Waals surface area (Å²) in [7, 11) is 0. The summed E-state index contributed by atoms with van der Waals surface area (Å²) >= 11 is 0. The summed E-state index contributed by atoms with van der Waals surface area (Å²) in [6.45, 7) is 4.81. The Balaban J connectivity index is 2.97. The zero-order chi connectivity index (χ0) is 8.70. The lowest BCUT2D eigenvalue weighted by Gasteiger charge is -2.32. The number of aliphatic hydroxyl groups is 1. The first kappa shape index (κ1) is 8.68. The van der Waals surface area contributed by atoms with Crippen LogP contribution in [0.2, 0.25) is 0 Å². The van der Waals surface area contributed by atoms with Crippen LogP contribution in [0.3, 0.4) is 0 Å². The standard InChI is InChI=1S/C8H14FNO/c1-3-8(9)6(10)4-5-7(8,2)11/h3,6,11H,1,4-5,10H2,2H3. The molecule has 64 valence electrons. The predicted octanol–water partition coefficient (Wildman–Crippen LogP) is 0.753. The van der Waals surface area contributed by atoms with E-state index < -0.39 is 17.3 Å². The molecule has 1 rings (SSSR count). The van der Waals surface area contributed by atoms with Gasteiger partial charge in [-0.2, -0.15) is 0 Å². The second-order valence-electron chi connectivity index (χ2n) is 3.39. The molecule has 2 nitrogen and oxygen atoms in total. The zero-order valence-corrected chi connectivity index (χ0v) is 6.68. The van der Waals surface area contributed by atoms with Crippen LogP contribution in [0.15, 0.2) is 12.7 Å². The number of alkyl halides is 1. The molecule has 1 aliphatic carbocycles. The molecule has 0 aromatic rings. The first-order valence-corrected chi connectivity index (χ1v) is 3.74. The first-order valence-electron chi connectivity index (χ1n) is 3.74. The van der Waals surface area contributed by atoms with Crippen molar-refractivity contribution in [2.24, 2.45) is 5.73 Å². The monoisotopic (exact) mass is 159 g/mol. The van der Waals surface area contributed by atoms with Crippen molar-refractivity contribution in [2.75, 3.05) is 0 Å². The van der Waals surface area contributed by atoms with Crippen LogP contribution in [0.25, 0.3) is 0 Å². The molecule has 0 aliphatic heterocycles. The van der Waals surface area contributed by atoms with Gasteiger partial charge in [-0.15, -0.1) is 0 Å². The van der Waals surface area contributed by atoms with E-state index in [0.717, 1.165) is 6.08 Å². The maximum atomic E-state index is 13.7. The van der Waals surface area contributed by atoms with E-state index in [9.17, 15) is 9.50 Å². The lowest BCUT2D eigenvalue weighted by Crippen LogP contribution is -2.51. The Hall–Kier alpha value is -0.410. The van der Waals surface area contributed by atoms with Gasteiger partial charge in [-0.1, -0.05) is 12.7 Å². The fourth-order valence-corrected chi connectivity index (χ4v) is 1.61. The quantitative estimate of drug-likeness (QED) is 0.555. The van der Waals surface area contributed by atoms with E-state index in [2.05, 4.69) is 6.58 Å². The van der Waals surface area contributed by atoms with Gasteiger partial charge in [0.25, 0.3) is 0 Å². The van der Waals surface area contributed by atoms with Crippen LogP contribution in [-0.4, -0.2) is 22.4 Å². The van der Waals surface area contributed by atoms with Crippen molar-refractivity contribution < 1.29 is 9.50 Å². The molecule has 1 fully saturated rings. The third-order valence-corrected chi connectivity index (χ3v) is 2.60. The van der Waals surface area contributed by atoms with Gasteiger partial charge in [0, 0.05) is 6.04 Å². The van der Waals surface area contributed by atoms with E-state index in [-0.39, 0.29) is 0 Å². The third-order valence-electron chi connectivity index (χ3n) is 2.60. The van der Waals surface area contributed by atoms with Crippen molar-refractivity contribution in [3.63, 3.8) is 0 Å². The van der Waals surface area contributed by atoms with Crippen molar-refractivity contribution in [1.29, 1.82) is 0 Å². The van der Waals surface area contributed by atoms with Crippen molar-refractivity contribution in [3.8, 4) is 0 Å². The molecule has 1 saturated carbocycles. The fraction of sp³-hybridized carbons (Fsp3) is 0.750. The minimum absolute atomic E-state index is 0.399. The second kappa shape index (κ2) is 2.29. The average molecular weight is 159 g/mol. The molecule has 3 atom stereocenters. The Bertz CT molecular complexity index is 181. The summed E-state index contributed by atoms with van der Waals surface area (Å²) in [5.74, 6) is 0. The van der Waals surface area contributed by atoms with E-state index in [1.165, 1.54) is 6.92 Å². The maximum absolute atomic E-state index is 13.7. The van der Waals surface area contributed by atoms with Gasteiger partial charge in [0.15, 0.2) is 5.67 Å². The van der Waals surface area contributed by atoms with E-state index in [1.54, 1.807) is 0 Å². The van der Waals surface area contributed by atoms with Crippen LogP contribution in [-0.2, 0) is 0 Å². The van der Waals surface area contributed by atoms with Crippen molar-refractivity contribution in [1.82, 2.24) is 0 Å². The first-order chi connectivity index (χ1) is 4.94. The Labute approximate surface area is 65.9 Å². The SMILES string of the molecule is C=CC1(F)C(N)CCC1(C)O. The lowest BCUT2D eigenvalue weighted by atomic mass is 9.88. The van der Waals surface area contributed by atoms with Crippen molar-refractivity contribution in [2.45, 2.75) is 37.1 Å². The molecular weight excluding hydrogens is 145 g/mol. The summed E-state index contributed by atoms with van der Waals surface area (Å²) in [6.07, 6.45) is 2.02. The topological polar surface area (TPSA) is 46.2 Å². The number of hydrogen-bond donors (Lipinski definition) is 2. The number of halogens is 1. The zero-order valence-electron chi connectivity index (χ0n) is 6.68. The van der Waals surface area contributed by atoms with Gasteiger partial charge >= 0.3 is 0 Å². The Morgan fingerprint density at radius 3 is 2.55 bits per heavy atom. The minimum atomic E-state index is -1.81. The maximum Gasteiger partial charge on any atom is 0.171 e. The van der Waals surface area contributed by atoms with Gasteiger partial charge in [-0.3, -0.25) is 0 Å². The normalized spacial score (nSPS) is 51.1. The van der Waals surface area contributed by atoms with Gasteiger partial charge in [0.2, 0.25) is 0 Å². The molecule has 11 heavy (non-hydrogen) atoms. The van der Waals surface area contributed by atoms with Gasteiger partial charge in [-0.05, 0) is 19.8 Å². The van der Waals surface area contributed by atoms with E-state index >= 15 is 0 Å². The highest BCUT2D eigenvalue weighted by molar-refractivity contribution is 5.18. The van der Waals surface area contributed by atoms with E-state index in [4.69, 9.17) is 5.73 Å². The average Bonchev–Trinajstić information content (AvgIpc) is 2.15. The van der Waals surface area contributed by atoms with Crippen molar-refractivity contribution >= 4 is 0 Å². The molecule has 0 aromatic carbocycles. The number of hydrogen-bond acceptors (Lipinski definition) is 2. The lowest BCUT2D eigenvalue weighted by molar-refractivity contribution is -0.0443. The Morgan fingerprint density at radius 1 is 1.82 bits per heavy atom. The summed E-state index contributed by atoms with van der Waals surface area (Å²) in [6, 6.07) is -0.616. The molecule has 3 N–H and O–H groups in total. The highest BCUT2D eigenvalue weighted by Gasteiger charge is 2.54. The molecular formula is C8H14FNO. The summed E-state index contributed by atoms with van der Waals surface area (Å²) in [5, 5.41) is 9.56. The second-order valence-corrected chi connectivity index (χ2v) is 3.39. The summed E-state index contributed by atoms with van der Waals surface area (Å²) in [4.78, 5) is 0. The third kappa shape index (κ3) is 0.993. The van der Waals surface area contributed by atoms with Crippen molar-refractivity contribution in [3.05, 3.63) is 12.7 Å². The van der Waals surface area contributed by atoms with Crippen LogP contribution >= 0.6 is 0 Å². The Morgan fingerprint density at radius 2 is 2.36 bits per heavy atom. The van der Waals surface area contributed by atoms with Crippen LogP contribution in [0.5, 0.6) is 0 Å². The van der Waals surface area contributed by atoms with Gasteiger partial charge in [0.05, 0.1) is 0 Å². The highest BCUT2D eigenvalue weighted by atomic mass is 19.1. The van der Waals surface area contributed by atoms with E-state index in [1.807, 2.05) is 0 Å². The van der Waals surface area contributed by atoms with Crippen LogP contribution in [0, 0.1) is 0 Å². The smallest absolute Gasteiger partial charge is 0.171 e. The molecule has 0 amide bonds. The molecule has 3 unspecified atom stereocenters. The molecule has 0 spiro atoms. The molecule has 0 aromatic heterocycles. The van der Waals surface area contributed by atoms with Gasteiger partial charge < -0.3 is 10.8 Å². The van der Waals surface area contributed by atoms with Crippen LogP contribution < -0.4 is 5.73 Å².